The van der Waals surface area contributed by atoms with Crippen LogP contribution in [-0.4, -0.2) is 32.4 Å². The lowest BCUT2D eigenvalue weighted by Crippen LogP contribution is -2.10. The van der Waals surface area contributed by atoms with Crippen LogP contribution in [0.3, 0.4) is 0 Å². The van der Waals surface area contributed by atoms with E-state index in [9.17, 15) is 10.1 Å². The number of benzene rings is 2. The number of esters is 1. The van der Waals surface area contributed by atoms with Gasteiger partial charge in [0.15, 0.2) is 11.5 Å². The maximum Gasteiger partial charge on any atom is 0.348 e. The summed E-state index contributed by atoms with van der Waals surface area (Å²) in [5, 5.41) is 9.23. The molecular weight excluding hydrogens is 518 g/mol. The minimum atomic E-state index is -0.667. The van der Waals surface area contributed by atoms with Crippen LogP contribution in [0.25, 0.3) is 6.08 Å². The van der Waals surface area contributed by atoms with E-state index in [2.05, 4.69) is 31.9 Å². The van der Waals surface area contributed by atoms with Gasteiger partial charge in [-0.2, -0.15) is 5.26 Å². The number of carbonyl (C=O) groups is 1. The summed E-state index contributed by atoms with van der Waals surface area (Å²) >= 11 is 6.86. The standard InChI is InChI=1S/C22H21Br2NO5/c1-3-27-20-13-15(11-16(14-25)22(26)28-4-2)12-19(24)21(20)30-10-9-29-18-7-5-17(23)6-8-18/h5-8,11-13H,3-4,9-10H2,1-2H3/b16-11+. The molecule has 0 fully saturated rings. The SMILES string of the molecule is CCOC(=O)/C(C#N)=C/c1cc(Br)c(OCCOc2ccc(Br)cc2)c(OCC)c1. The van der Waals surface area contributed by atoms with Crippen molar-refractivity contribution >= 4 is 43.9 Å². The molecule has 6 nitrogen and oxygen atoms in total. The fourth-order valence-electron chi connectivity index (χ4n) is 2.42. The van der Waals surface area contributed by atoms with Gasteiger partial charge in [0.05, 0.1) is 17.7 Å². The third kappa shape index (κ3) is 7.08. The van der Waals surface area contributed by atoms with Gasteiger partial charge in [0.1, 0.15) is 30.6 Å². The highest BCUT2D eigenvalue weighted by Crippen LogP contribution is 2.37. The van der Waals surface area contributed by atoms with Crippen molar-refractivity contribution in [3.8, 4) is 23.3 Å². The van der Waals surface area contributed by atoms with Crippen molar-refractivity contribution in [3.63, 3.8) is 0 Å². The molecule has 0 amide bonds. The number of nitriles is 1. The zero-order valence-corrected chi connectivity index (χ0v) is 19.8. The van der Waals surface area contributed by atoms with Gasteiger partial charge in [0.2, 0.25) is 0 Å². The van der Waals surface area contributed by atoms with Crippen molar-refractivity contribution in [1.29, 1.82) is 5.26 Å². The molecule has 0 N–H and O–H groups in total. The molecule has 158 valence electrons. The van der Waals surface area contributed by atoms with Crippen molar-refractivity contribution in [3.05, 3.63) is 56.5 Å². The number of rotatable bonds is 10. The van der Waals surface area contributed by atoms with Crippen molar-refractivity contribution in [2.45, 2.75) is 13.8 Å². The van der Waals surface area contributed by atoms with E-state index in [0.29, 0.717) is 41.4 Å². The number of nitrogens with zero attached hydrogens (tertiary/aromatic N) is 1. The van der Waals surface area contributed by atoms with Crippen LogP contribution in [0.5, 0.6) is 17.2 Å². The smallest absolute Gasteiger partial charge is 0.348 e. The molecule has 2 aromatic carbocycles. The third-order valence-corrected chi connectivity index (χ3v) is 4.79. The van der Waals surface area contributed by atoms with Crippen LogP contribution in [0.1, 0.15) is 19.4 Å². The van der Waals surface area contributed by atoms with E-state index in [4.69, 9.17) is 18.9 Å². The fraction of sp³-hybridized carbons (Fsp3) is 0.273. The third-order valence-electron chi connectivity index (χ3n) is 3.67. The van der Waals surface area contributed by atoms with Gasteiger partial charge in [0.25, 0.3) is 0 Å². The minimum Gasteiger partial charge on any atom is -0.490 e. The summed E-state index contributed by atoms with van der Waals surface area (Å²) < 4.78 is 23.7. The lowest BCUT2D eigenvalue weighted by molar-refractivity contribution is -0.137. The average molecular weight is 539 g/mol. The van der Waals surface area contributed by atoms with Gasteiger partial charge in [-0.05, 0) is 77.8 Å². The van der Waals surface area contributed by atoms with E-state index in [-0.39, 0.29) is 12.2 Å². The molecule has 2 aromatic rings. The summed E-state index contributed by atoms with van der Waals surface area (Å²) in [6, 6.07) is 12.8. The Morgan fingerprint density at radius 1 is 1.03 bits per heavy atom. The molecule has 0 bridgehead atoms. The van der Waals surface area contributed by atoms with E-state index in [1.807, 2.05) is 37.3 Å². The summed E-state index contributed by atoms with van der Waals surface area (Å²) in [5.41, 5.74) is 0.510. The molecule has 2 rings (SSSR count). The van der Waals surface area contributed by atoms with E-state index in [0.717, 1.165) is 10.2 Å². The Kier molecular flexibility index (Phi) is 9.71. The van der Waals surface area contributed by atoms with Gasteiger partial charge in [-0.3, -0.25) is 0 Å². The largest absolute Gasteiger partial charge is 0.490 e. The molecule has 0 unspecified atom stereocenters. The van der Waals surface area contributed by atoms with E-state index < -0.39 is 5.97 Å². The Balaban J connectivity index is 2.12. The Bertz CT molecular complexity index is 936. The average Bonchev–Trinajstić information content (AvgIpc) is 2.72. The lowest BCUT2D eigenvalue weighted by Gasteiger charge is -2.15. The molecule has 8 heteroatoms. The normalized spacial score (nSPS) is 10.8. The molecular formula is C22H21Br2NO5. The maximum atomic E-state index is 11.9. The van der Waals surface area contributed by atoms with E-state index in [1.54, 1.807) is 19.1 Å². The first kappa shape index (κ1) is 23.8. The minimum absolute atomic E-state index is 0.0947. The molecule has 0 radical (unpaired) electrons. The van der Waals surface area contributed by atoms with Crippen LogP contribution in [-0.2, 0) is 9.53 Å². The van der Waals surface area contributed by atoms with Gasteiger partial charge in [-0.25, -0.2) is 4.79 Å². The molecule has 0 aromatic heterocycles. The first-order valence-corrected chi connectivity index (χ1v) is 10.8. The zero-order chi connectivity index (χ0) is 21.9. The Morgan fingerprint density at radius 2 is 1.73 bits per heavy atom. The van der Waals surface area contributed by atoms with Gasteiger partial charge in [-0.15, -0.1) is 0 Å². The molecule has 0 saturated carbocycles. The van der Waals surface area contributed by atoms with Crippen LogP contribution in [0.2, 0.25) is 0 Å². The molecule has 0 aliphatic carbocycles. The van der Waals surface area contributed by atoms with Gasteiger partial charge in [-0.1, -0.05) is 15.9 Å². The van der Waals surface area contributed by atoms with Gasteiger partial charge >= 0.3 is 5.97 Å². The van der Waals surface area contributed by atoms with Gasteiger partial charge in [0, 0.05) is 4.47 Å². The molecule has 30 heavy (non-hydrogen) atoms. The first-order valence-electron chi connectivity index (χ1n) is 9.24. The predicted molar refractivity (Wildman–Crippen MR) is 121 cm³/mol. The van der Waals surface area contributed by atoms with E-state index in [1.165, 1.54) is 6.08 Å². The lowest BCUT2D eigenvalue weighted by atomic mass is 10.1. The first-order chi connectivity index (χ1) is 14.5. The maximum absolute atomic E-state index is 11.9. The Morgan fingerprint density at radius 3 is 2.37 bits per heavy atom. The molecule has 0 spiro atoms. The van der Waals surface area contributed by atoms with Crippen molar-refractivity contribution in [1.82, 2.24) is 0 Å². The molecule has 0 saturated heterocycles. The highest BCUT2D eigenvalue weighted by atomic mass is 79.9. The zero-order valence-electron chi connectivity index (χ0n) is 16.6. The molecule has 0 aliphatic rings. The number of hydrogen-bond acceptors (Lipinski definition) is 6. The van der Waals surface area contributed by atoms with Crippen LogP contribution in [0.4, 0.5) is 0 Å². The highest BCUT2D eigenvalue weighted by molar-refractivity contribution is 9.10. The van der Waals surface area contributed by atoms with Crippen molar-refractivity contribution < 1.29 is 23.7 Å². The Labute approximate surface area is 192 Å². The van der Waals surface area contributed by atoms with Crippen LogP contribution < -0.4 is 14.2 Å². The molecule has 0 heterocycles. The number of carbonyl (C=O) groups excluding carboxylic acids is 1. The second kappa shape index (κ2) is 12.3. The number of ether oxygens (including phenoxy) is 4. The van der Waals surface area contributed by atoms with Crippen LogP contribution in [0.15, 0.2) is 50.9 Å². The Hall–Kier alpha value is -2.50. The van der Waals surface area contributed by atoms with E-state index >= 15 is 0 Å². The summed E-state index contributed by atoms with van der Waals surface area (Å²) in [5.74, 6) is 1.08. The summed E-state index contributed by atoms with van der Waals surface area (Å²) in [4.78, 5) is 11.9. The van der Waals surface area contributed by atoms with Crippen LogP contribution in [0, 0.1) is 11.3 Å². The molecule has 0 atom stereocenters. The predicted octanol–water partition coefficient (Wildman–Crippen LogP) is 5.54. The number of hydrogen-bond donors (Lipinski definition) is 0. The van der Waals surface area contributed by atoms with Crippen molar-refractivity contribution in [2.24, 2.45) is 0 Å². The quantitative estimate of drug-likeness (QED) is 0.171. The summed E-state index contributed by atoms with van der Waals surface area (Å²) in [6.07, 6.45) is 1.45. The monoisotopic (exact) mass is 537 g/mol. The summed E-state index contributed by atoms with van der Waals surface area (Å²) in [7, 11) is 0. The van der Waals surface area contributed by atoms with Crippen molar-refractivity contribution in [2.75, 3.05) is 26.4 Å². The fourth-order valence-corrected chi connectivity index (χ4v) is 3.26. The number of halogens is 2. The topological polar surface area (TPSA) is 77.8 Å². The van der Waals surface area contributed by atoms with Crippen LogP contribution >= 0.6 is 31.9 Å². The van der Waals surface area contributed by atoms with Gasteiger partial charge < -0.3 is 18.9 Å². The summed E-state index contributed by atoms with van der Waals surface area (Å²) in [6.45, 7) is 4.81. The molecule has 0 aliphatic heterocycles. The second-order valence-corrected chi connectivity index (χ2v) is 7.57. The second-order valence-electron chi connectivity index (χ2n) is 5.80. The highest BCUT2D eigenvalue weighted by Gasteiger charge is 2.15.